The van der Waals surface area contributed by atoms with Crippen LogP contribution in [-0.2, 0) is 0 Å². The SMILES string of the molecule is COc1ccc(NC(=O)Nc2ccc(N)cc2OC)cc1. The van der Waals surface area contributed by atoms with Gasteiger partial charge in [-0.2, -0.15) is 0 Å². The van der Waals surface area contributed by atoms with E-state index in [9.17, 15) is 4.79 Å². The average Bonchev–Trinajstić information content (AvgIpc) is 2.49. The molecule has 4 N–H and O–H groups in total. The number of ether oxygens (including phenoxy) is 2. The molecule has 2 amide bonds. The van der Waals surface area contributed by atoms with Crippen LogP contribution in [-0.4, -0.2) is 20.3 Å². The Balaban J connectivity index is 2.04. The molecule has 0 spiro atoms. The first-order valence-corrected chi connectivity index (χ1v) is 6.28. The fourth-order valence-corrected chi connectivity index (χ4v) is 1.77. The Morgan fingerprint density at radius 2 is 1.71 bits per heavy atom. The summed E-state index contributed by atoms with van der Waals surface area (Å²) in [5, 5.41) is 5.42. The highest BCUT2D eigenvalue weighted by molar-refractivity contribution is 6.00. The van der Waals surface area contributed by atoms with Crippen LogP contribution in [0, 0.1) is 0 Å². The van der Waals surface area contributed by atoms with E-state index in [-0.39, 0.29) is 6.03 Å². The van der Waals surface area contributed by atoms with Gasteiger partial charge in [-0.15, -0.1) is 0 Å². The number of carbonyl (C=O) groups is 1. The Morgan fingerprint density at radius 3 is 2.33 bits per heavy atom. The number of nitrogen functional groups attached to an aromatic ring is 1. The lowest BCUT2D eigenvalue weighted by molar-refractivity contribution is 0.262. The third kappa shape index (κ3) is 3.79. The Morgan fingerprint density at radius 1 is 1.00 bits per heavy atom. The predicted octanol–water partition coefficient (Wildman–Crippen LogP) is 2.93. The number of nitrogens with one attached hydrogen (secondary N) is 2. The molecule has 2 aromatic carbocycles. The van der Waals surface area contributed by atoms with Crippen LogP contribution in [0.3, 0.4) is 0 Å². The van der Waals surface area contributed by atoms with Gasteiger partial charge in [0.05, 0.1) is 19.9 Å². The standard InChI is InChI=1S/C15H17N3O3/c1-20-12-6-4-11(5-7-12)17-15(19)18-13-8-3-10(16)9-14(13)21-2/h3-9H,16H2,1-2H3,(H2,17,18,19). The molecule has 0 aliphatic carbocycles. The summed E-state index contributed by atoms with van der Waals surface area (Å²) in [5.41, 5.74) is 7.42. The second-order valence-corrected chi connectivity index (χ2v) is 4.27. The number of urea groups is 1. The number of amides is 2. The van der Waals surface area contributed by atoms with Gasteiger partial charge < -0.3 is 25.8 Å². The molecular formula is C15H17N3O3. The molecule has 2 aromatic rings. The van der Waals surface area contributed by atoms with E-state index in [4.69, 9.17) is 15.2 Å². The molecule has 0 bridgehead atoms. The molecule has 0 unspecified atom stereocenters. The van der Waals surface area contributed by atoms with Crippen LogP contribution < -0.4 is 25.8 Å². The normalized spacial score (nSPS) is 9.81. The third-order valence-electron chi connectivity index (χ3n) is 2.82. The number of hydrogen-bond acceptors (Lipinski definition) is 4. The number of methoxy groups -OCH3 is 2. The lowest BCUT2D eigenvalue weighted by Gasteiger charge is -2.12. The Kier molecular flexibility index (Phi) is 4.50. The molecule has 110 valence electrons. The Labute approximate surface area is 122 Å². The molecule has 2 rings (SSSR count). The van der Waals surface area contributed by atoms with Gasteiger partial charge in [0.1, 0.15) is 11.5 Å². The average molecular weight is 287 g/mol. The summed E-state index contributed by atoms with van der Waals surface area (Å²) in [6.07, 6.45) is 0. The highest BCUT2D eigenvalue weighted by atomic mass is 16.5. The summed E-state index contributed by atoms with van der Waals surface area (Å²) in [7, 11) is 3.10. The van der Waals surface area contributed by atoms with Crippen LogP contribution >= 0.6 is 0 Å². The smallest absolute Gasteiger partial charge is 0.323 e. The minimum atomic E-state index is -0.372. The number of hydrogen-bond donors (Lipinski definition) is 3. The van der Waals surface area contributed by atoms with Crippen molar-refractivity contribution < 1.29 is 14.3 Å². The van der Waals surface area contributed by atoms with Gasteiger partial charge in [-0.1, -0.05) is 0 Å². The van der Waals surface area contributed by atoms with Crippen molar-refractivity contribution >= 4 is 23.1 Å². The summed E-state index contributed by atoms with van der Waals surface area (Å²) in [6.45, 7) is 0. The Hall–Kier alpha value is -2.89. The molecule has 0 heterocycles. The molecule has 0 saturated heterocycles. The van der Waals surface area contributed by atoms with Crippen molar-refractivity contribution in [2.75, 3.05) is 30.6 Å². The molecule has 0 atom stereocenters. The van der Waals surface area contributed by atoms with E-state index < -0.39 is 0 Å². The number of nitrogens with two attached hydrogens (primary N) is 1. The topological polar surface area (TPSA) is 85.6 Å². The summed E-state index contributed by atoms with van der Waals surface area (Å²) in [4.78, 5) is 11.9. The van der Waals surface area contributed by atoms with E-state index in [1.165, 1.54) is 7.11 Å². The first-order valence-electron chi connectivity index (χ1n) is 6.28. The molecule has 6 nitrogen and oxygen atoms in total. The summed E-state index contributed by atoms with van der Waals surface area (Å²) in [6, 6.07) is 11.7. The molecule has 0 aromatic heterocycles. The zero-order valence-corrected chi connectivity index (χ0v) is 11.8. The van der Waals surface area contributed by atoms with Gasteiger partial charge >= 0.3 is 6.03 Å². The molecule has 0 aliphatic heterocycles. The highest BCUT2D eigenvalue weighted by Crippen LogP contribution is 2.26. The monoisotopic (exact) mass is 287 g/mol. The Bertz CT molecular complexity index is 627. The van der Waals surface area contributed by atoms with E-state index >= 15 is 0 Å². The van der Waals surface area contributed by atoms with Gasteiger partial charge in [-0.25, -0.2) is 4.79 Å². The molecule has 0 fully saturated rings. The van der Waals surface area contributed by atoms with Gasteiger partial charge in [0.15, 0.2) is 0 Å². The highest BCUT2D eigenvalue weighted by Gasteiger charge is 2.08. The molecular weight excluding hydrogens is 270 g/mol. The maximum absolute atomic E-state index is 11.9. The van der Waals surface area contributed by atoms with E-state index in [1.54, 1.807) is 49.6 Å². The lowest BCUT2D eigenvalue weighted by atomic mass is 10.2. The third-order valence-corrected chi connectivity index (χ3v) is 2.82. The van der Waals surface area contributed by atoms with E-state index in [0.29, 0.717) is 22.8 Å². The molecule has 0 aliphatic rings. The van der Waals surface area contributed by atoms with Crippen LogP contribution in [0.15, 0.2) is 42.5 Å². The zero-order chi connectivity index (χ0) is 15.2. The van der Waals surface area contributed by atoms with Crippen LogP contribution in [0.1, 0.15) is 0 Å². The zero-order valence-electron chi connectivity index (χ0n) is 11.8. The van der Waals surface area contributed by atoms with Gasteiger partial charge in [-0.05, 0) is 36.4 Å². The number of anilines is 3. The van der Waals surface area contributed by atoms with Gasteiger partial charge in [0.25, 0.3) is 0 Å². The van der Waals surface area contributed by atoms with Crippen molar-refractivity contribution in [2.45, 2.75) is 0 Å². The van der Waals surface area contributed by atoms with Crippen molar-refractivity contribution in [2.24, 2.45) is 0 Å². The van der Waals surface area contributed by atoms with Crippen molar-refractivity contribution in [3.63, 3.8) is 0 Å². The van der Waals surface area contributed by atoms with Crippen molar-refractivity contribution in [3.8, 4) is 11.5 Å². The van der Waals surface area contributed by atoms with Crippen LogP contribution in [0.5, 0.6) is 11.5 Å². The molecule has 21 heavy (non-hydrogen) atoms. The number of benzene rings is 2. The van der Waals surface area contributed by atoms with Crippen LogP contribution in [0.2, 0.25) is 0 Å². The maximum Gasteiger partial charge on any atom is 0.323 e. The summed E-state index contributed by atoms with van der Waals surface area (Å²) >= 11 is 0. The first kappa shape index (κ1) is 14.5. The largest absolute Gasteiger partial charge is 0.497 e. The lowest BCUT2D eigenvalue weighted by Crippen LogP contribution is -2.19. The minimum Gasteiger partial charge on any atom is -0.497 e. The van der Waals surface area contributed by atoms with Gasteiger partial charge in [-0.3, -0.25) is 0 Å². The van der Waals surface area contributed by atoms with Crippen LogP contribution in [0.4, 0.5) is 21.9 Å². The van der Waals surface area contributed by atoms with E-state index in [0.717, 1.165) is 5.75 Å². The molecule has 6 heteroatoms. The van der Waals surface area contributed by atoms with Crippen molar-refractivity contribution in [1.82, 2.24) is 0 Å². The van der Waals surface area contributed by atoms with E-state index in [2.05, 4.69) is 10.6 Å². The number of rotatable bonds is 4. The van der Waals surface area contributed by atoms with Gasteiger partial charge in [0, 0.05) is 17.4 Å². The second-order valence-electron chi connectivity index (χ2n) is 4.27. The minimum absolute atomic E-state index is 0.372. The second kappa shape index (κ2) is 6.51. The van der Waals surface area contributed by atoms with Crippen molar-refractivity contribution in [3.05, 3.63) is 42.5 Å². The fourth-order valence-electron chi connectivity index (χ4n) is 1.77. The number of carbonyl (C=O) groups excluding carboxylic acids is 1. The molecule has 0 saturated carbocycles. The van der Waals surface area contributed by atoms with Gasteiger partial charge in [0.2, 0.25) is 0 Å². The summed E-state index contributed by atoms with van der Waals surface area (Å²) < 4.78 is 10.2. The van der Waals surface area contributed by atoms with Crippen LogP contribution in [0.25, 0.3) is 0 Å². The van der Waals surface area contributed by atoms with Crippen molar-refractivity contribution in [1.29, 1.82) is 0 Å². The molecule has 0 radical (unpaired) electrons. The first-order chi connectivity index (χ1) is 10.1. The fraction of sp³-hybridized carbons (Fsp3) is 0.133. The summed E-state index contributed by atoms with van der Waals surface area (Å²) in [5.74, 6) is 1.22. The maximum atomic E-state index is 11.9. The van der Waals surface area contributed by atoms with E-state index in [1.807, 2.05) is 0 Å². The quantitative estimate of drug-likeness (QED) is 0.755. The predicted molar refractivity (Wildman–Crippen MR) is 83.0 cm³/mol.